The van der Waals surface area contributed by atoms with Crippen molar-refractivity contribution in [2.45, 2.75) is 0 Å². The second-order valence-corrected chi connectivity index (χ2v) is 13.9. The van der Waals surface area contributed by atoms with E-state index in [1.807, 2.05) is 150 Å². The van der Waals surface area contributed by atoms with Crippen LogP contribution in [0.2, 0.25) is 0 Å². The number of nitro benzene ring substituents is 2. The summed E-state index contributed by atoms with van der Waals surface area (Å²) in [6, 6.07) is 53.6. The van der Waals surface area contributed by atoms with E-state index in [1.165, 1.54) is 0 Å². The lowest BCUT2D eigenvalue weighted by Crippen LogP contribution is -1.99. The molecule has 0 N–H and O–H groups in total. The summed E-state index contributed by atoms with van der Waals surface area (Å²) >= 11 is 0. The number of hydrogen-bond acceptors (Lipinski definition) is 6. The van der Waals surface area contributed by atoms with Crippen LogP contribution in [0.25, 0.3) is 93.9 Å². The van der Waals surface area contributed by atoms with Gasteiger partial charge in [-0.1, -0.05) is 103 Å². The Morgan fingerprint density at radius 2 is 0.930 bits per heavy atom. The van der Waals surface area contributed by atoms with E-state index in [1.54, 1.807) is 30.5 Å². The molecule has 9 heteroatoms. The standard InChI is InChI=1S/C48H29N5O4/c54-52(55)42-22-17-34(30-8-3-1-4-9-30)26-40(42)36-15-20-38-39-21-16-37(41-27-35(18-23-43(41)53(56)57)31-10-5-2-6-11-31)29-45(39)51(44(38)28-36)46-24-19-33-14-13-32-12-7-25-49-47(32)48(33)50-46/h1-29H. The van der Waals surface area contributed by atoms with Gasteiger partial charge in [-0.3, -0.25) is 29.8 Å². The number of nitro groups is 2. The summed E-state index contributed by atoms with van der Waals surface area (Å²) in [6.45, 7) is 0. The molecule has 0 unspecified atom stereocenters. The van der Waals surface area contributed by atoms with Crippen molar-refractivity contribution in [3.05, 3.63) is 196 Å². The number of fused-ring (bicyclic) bond motifs is 6. The van der Waals surface area contributed by atoms with Crippen molar-refractivity contribution in [3.8, 4) is 50.3 Å². The fraction of sp³-hybridized carbons (Fsp3) is 0. The summed E-state index contributed by atoms with van der Waals surface area (Å²) in [5.74, 6) is 0.607. The smallest absolute Gasteiger partial charge is 0.277 e. The van der Waals surface area contributed by atoms with Gasteiger partial charge in [-0.2, -0.15) is 0 Å². The monoisotopic (exact) mass is 739 g/mol. The predicted octanol–water partition coefficient (Wildman–Crippen LogP) is 12.4. The first-order chi connectivity index (χ1) is 27.9. The minimum atomic E-state index is -0.352. The van der Waals surface area contributed by atoms with Gasteiger partial charge < -0.3 is 0 Å². The molecular weight excluding hydrogens is 711 g/mol. The molecule has 0 amide bonds. The molecule has 9 nitrogen and oxygen atoms in total. The number of aromatic nitrogens is 3. The highest BCUT2D eigenvalue weighted by Gasteiger charge is 2.22. The van der Waals surface area contributed by atoms with E-state index in [4.69, 9.17) is 4.98 Å². The molecule has 270 valence electrons. The molecule has 0 aliphatic carbocycles. The summed E-state index contributed by atoms with van der Waals surface area (Å²) in [5.41, 5.74) is 8.91. The molecule has 3 heterocycles. The third-order valence-electron chi connectivity index (χ3n) is 10.6. The second-order valence-electron chi connectivity index (χ2n) is 13.9. The highest BCUT2D eigenvalue weighted by Crippen LogP contribution is 2.42. The van der Waals surface area contributed by atoms with Gasteiger partial charge in [-0.15, -0.1) is 0 Å². The Bertz CT molecular complexity index is 3090. The predicted molar refractivity (Wildman–Crippen MR) is 226 cm³/mol. The third kappa shape index (κ3) is 5.73. The van der Waals surface area contributed by atoms with Gasteiger partial charge in [0.05, 0.1) is 43.0 Å². The molecular formula is C48H29N5O4. The van der Waals surface area contributed by atoms with Crippen LogP contribution in [0.1, 0.15) is 0 Å². The quantitative estimate of drug-likeness (QED) is 0.0912. The molecule has 10 rings (SSSR count). The number of pyridine rings is 2. The van der Waals surface area contributed by atoms with Crippen LogP contribution in [0.4, 0.5) is 11.4 Å². The Balaban J connectivity index is 1.25. The molecule has 0 aliphatic heterocycles. The molecule has 0 fully saturated rings. The highest BCUT2D eigenvalue weighted by molar-refractivity contribution is 6.12. The SMILES string of the molecule is O=[N+]([O-])c1ccc(-c2ccccc2)cc1-c1ccc2c3ccc(-c4cc(-c5ccccc5)ccc4[N+](=O)[O-])cc3n(-c3ccc4ccc5cccnc5c4n3)c2c1. The fourth-order valence-corrected chi connectivity index (χ4v) is 7.91. The van der Waals surface area contributed by atoms with Crippen molar-refractivity contribution in [1.82, 2.24) is 14.5 Å². The summed E-state index contributed by atoms with van der Waals surface area (Å²) in [6.07, 6.45) is 1.75. The first-order valence-electron chi connectivity index (χ1n) is 18.3. The third-order valence-corrected chi connectivity index (χ3v) is 10.6. The van der Waals surface area contributed by atoms with E-state index < -0.39 is 0 Å². The largest absolute Gasteiger partial charge is 0.294 e. The maximum absolute atomic E-state index is 12.5. The Labute approximate surface area is 325 Å². The van der Waals surface area contributed by atoms with E-state index in [-0.39, 0.29) is 21.2 Å². The average molecular weight is 740 g/mol. The Hall–Kier alpha value is -8.04. The average Bonchev–Trinajstić information content (AvgIpc) is 3.59. The van der Waals surface area contributed by atoms with Gasteiger partial charge >= 0.3 is 0 Å². The lowest BCUT2D eigenvalue weighted by molar-refractivity contribution is -0.384. The zero-order chi connectivity index (χ0) is 38.6. The maximum Gasteiger partial charge on any atom is 0.277 e. The van der Waals surface area contributed by atoms with Crippen LogP contribution < -0.4 is 0 Å². The molecule has 3 aromatic heterocycles. The molecule has 57 heavy (non-hydrogen) atoms. The van der Waals surface area contributed by atoms with Crippen molar-refractivity contribution in [2.24, 2.45) is 0 Å². The lowest BCUT2D eigenvalue weighted by Gasteiger charge is -2.12. The van der Waals surface area contributed by atoms with Crippen LogP contribution in [-0.4, -0.2) is 24.4 Å². The van der Waals surface area contributed by atoms with Crippen molar-refractivity contribution < 1.29 is 9.85 Å². The molecule has 0 spiro atoms. The van der Waals surface area contributed by atoms with Crippen molar-refractivity contribution >= 4 is 55.0 Å². The fourth-order valence-electron chi connectivity index (χ4n) is 7.91. The Kier molecular flexibility index (Phi) is 7.86. The number of benzene rings is 7. The van der Waals surface area contributed by atoms with E-state index in [0.29, 0.717) is 28.1 Å². The topological polar surface area (TPSA) is 117 Å². The number of rotatable bonds is 7. The minimum absolute atomic E-state index is 0.00837. The van der Waals surface area contributed by atoms with Crippen LogP contribution >= 0.6 is 0 Å². The summed E-state index contributed by atoms with van der Waals surface area (Å²) < 4.78 is 2.04. The maximum atomic E-state index is 12.5. The van der Waals surface area contributed by atoms with Gasteiger partial charge in [0.2, 0.25) is 0 Å². The van der Waals surface area contributed by atoms with Crippen LogP contribution in [0.15, 0.2) is 176 Å². The minimum Gasteiger partial charge on any atom is -0.294 e. The molecule has 0 atom stereocenters. The van der Waals surface area contributed by atoms with E-state index in [2.05, 4.69) is 4.98 Å². The first-order valence-corrected chi connectivity index (χ1v) is 18.3. The molecule has 0 saturated carbocycles. The first kappa shape index (κ1) is 33.5. The van der Waals surface area contributed by atoms with E-state index in [9.17, 15) is 20.2 Å². The van der Waals surface area contributed by atoms with Crippen LogP contribution in [0.5, 0.6) is 0 Å². The van der Waals surface area contributed by atoms with Gasteiger partial charge in [0.25, 0.3) is 11.4 Å². The Morgan fingerprint density at radius 3 is 1.46 bits per heavy atom. The lowest BCUT2D eigenvalue weighted by atomic mass is 9.96. The van der Waals surface area contributed by atoms with E-state index >= 15 is 0 Å². The van der Waals surface area contributed by atoms with Crippen molar-refractivity contribution in [3.63, 3.8) is 0 Å². The summed E-state index contributed by atoms with van der Waals surface area (Å²) in [4.78, 5) is 34.1. The number of nitrogens with zero attached hydrogens (tertiary/aromatic N) is 5. The van der Waals surface area contributed by atoms with Crippen LogP contribution in [0.3, 0.4) is 0 Å². The second kappa shape index (κ2) is 13.4. The van der Waals surface area contributed by atoms with Gasteiger partial charge in [0.1, 0.15) is 5.82 Å². The molecule has 10 aromatic rings. The molecule has 0 saturated heterocycles. The molecule has 0 bridgehead atoms. The summed E-state index contributed by atoms with van der Waals surface area (Å²) in [5, 5.41) is 28.6. The van der Waals surface area contributed by atoms with Crippen molar-refractivity contribution in [1.29, 1.82) is 0 Å². The summed E-state index contributed by atoms with van der Waals surface area (Å²) in [7, 11) is 0. The van der Waals surface area contributed by atoms with Gasteiger partial charge in [-0.05, 0) is 88.0 Å². The van der Waals surface area contributed by atoms with Gasteiger partial charge in [0, 0.05) is 39.9 Å². The molecule has 0 radical (unpaired) electrons. The van der Waals surface area contributed by atoms with Gasteiger partial charge in [0.15, 0.2) is 0 Å². The molecule has 7 aromatic carbocycles. The molecule has 0 aliphatic rings. The van der Waals surface area contributed by atoms with Crippen LogP contribution in [0, 0.1) is 20.2 Å². The number of hydrogen-bond donors (Lipinski definition) is 0. The Morgan fingerprint density at radius 1 is 0.439 bits per heavy atom. The van der Waals surface area contributed by atoms with Crippen molar-refractivity contribution in [2.75, 3.05) is 0 Å². The van der Waals surface area contributed by atoms with E-state index in [0.717, 1.165) is 65.9 Å². The van der Waals surface area contributed by atoms with Crippen LogP contribution in [-0.2, 0) is 0 Å². The zero-order valence-electron chi connectivity index (χ0n) is 30.1. The zero-order valence-corrected chi connectivity index (χ0v) is 30.1. The van der Waals surface area contributed by atoms with Gasteiger partial charge in [-0.25, -0.2) is 4.98 Å². The normalized spacial score (nSPS) is 11.4. The highest BCUT2D eigenvalue weighted by atomic mass is 16.6.